The molecule has 0 aromatic heterocycles. The molecule has 0 unspecified atom stereocenters. The van der Waals surface area contributed by atoms with Gasteiger partial charge in [-0.2, -0.15) is 0 Å². The zero-order valence-corrected chi connectivity index (χ0v) is 21.0. The van der Waals surface area contributed by atoms with Gasteiger partial charge in [-0.25, -0.2) is 0 Å². The smallest absolute Gasteiger partial charge is 0.232 e. The van der Waals surface area contributed by atoms with E-state index in [0.29, 0.717) is 12.8 Å². The molecule has 1 heterocycles. The minimum atomic E-state index is -1.14. The number of nitrogens with one attached hydrogen (secondary N) is 1. The number of benzene rings is 2. The van der Waals surface area contributed by atoms with Crippen LogP contribution in [0.2, 0.25) is 0 Å². The molecule has 1 aliphatic heterocycles. The Bertz CT molecular complexity index is 1070. The molecule has 1 aliphatic rings. The van der Waals surface area contributed by atoms with Crippen molar-refractivity contribution in [2.24, 2.45) is 16.2 Å². The van der Waals surface area contributed by atoms with Gasteiger partial charge in [0.2, 0.25) is 5.91 Å². The lowest BCUT2D eigenvalue weighted by atomic mass is 9.65. The van der Waals surface area contributed by atoms with Crippen LogP contribution in [0.5, 0.6) is 0 Å². The van der Waals surface area contributed by atoms with Gasteiger partial charge < -0.3 is 5.32 Å². The predicted octanol–water partition coefficient (Wildman–Crippen LogP) is 6.80. The van der Waals surface area contributed by atoms with E-state index >= 15 is 0 Å². The van der Waals surface area contributed by atoms with Gasteiger partial charge in [-0.05, 0) is 48.3 Å². The van der Waals surface area contributed by atoms with Crippen LogP contribution >= 0.6 is 0 Å². The molecule has 0 spiro atoms. The number of fused-ring (bicyclic) bond motifs is 3. The number of rotatable bonds is 7. The van der Waals surface area contributed by atoms with E-state index in [1.807, 2.05) is 48.5 Å². The molecule has 176 valence electrons. The summed E-state index contributed by atoms with van der Waals surface area (Å²) < 4.78 is 0. The Morgan fingerprint density at radius 2 is 1.39 bits per heavy atom. The summed E-state index contributed by atoms with van der Waals surface area (Å²) in [5.41, 5.74) is 2.33. The van der Waals surface area contributed by atoms with Crippen molar-refractivity contribution in [2.45, 2.75) is 73.6 Å². The van der Waals surface area contributed by atoms with E-state index in [9.17, 15) is 14.4 Å². The maximum absolute atomic E-state index is 13.4. The molecule has 3 rings (SSSR count). The Balaban J connectivity index is 1.83. The van der Waals surface area contributed by atoms with E-state index in [4.69, 9.17) is 0 Å². The molecule has 0 bridgehead atoms. The molecule has 0 radical (unpaired) electrons. The monoisotopic (exact) mass is 447 g/mol. The van der Waals surface area contributed by atoms with E-state index in [0.717, 1.165) is 22.4 Å². The fourth-order valence-electron chi connectivity index (χ4n) is 4.15. The van der Waals surface area contributed by atoms with Crippen molar-refractivity contribution in [2.75, 3.05) is 5.32 Å². The maximum atomic E-state index is 13.4. The number of Topliss-reactive ketones (excluding diaryl/α,β-unsaturated/α-hetero) is 2. The third-order valence-electron chi connectivity index (χ3n) is 7.92. The molecule has 2 aromatic carbocycles. The summed E-state index contributed by atoms with van der Waals surface area (Å²) in [5.74, 6) is -1.10. The van der Waals surface area contributed by atoms with Crippen LogP contribution in [0.1, 0.15) is 79.2 Å². The van der Waals surface area contributed by atoms with E-state index in [-0.39, 0.29) is 34.7 Å². The fourth-order valence-corrected chi connectivity index (χ4v) is 4.15. The SMILES string of the molecule is CC(C)(C(=O)CCC(C)(C)C(C)(C)C)C(=O)C[C@@H]1C(=O)Nc2ccccc2-c2ccccc21. The van der Waals surface area contributed by atoms with Crippen LogP contribution < -0.4 is 5.32 Å². The van der Waals surface area contributed by atoms with Crippen LogP contribution in [0, 0.1) is 16.2 Å². The lowest BCUT2D eigenvalue weighted by Gasteiger charge is -2.39. The molecule has 1 atom stereocenters. The van der Waals surface area contributed by atoms with Crippen LogP contribution in [-0.4, -0.2) is 17.5 Å². The zero-order valence-electron chi connectivity index (χ0n) is 21.0. The van der Waals surface area contributed by atoms with Crippen LogP contribution in [0.4, 0.5) is 5.69 Å². The van der Waals surface area contributed by atoms with Gasteiger partial charge in [0, 0.05) is 24.1 Å². The Morgan fingerprint density at radius 3 is 2.03 bits per heavy atom. The normalized spacial score (nSPS) is 16.3. The lowest BCUT2D eigenvalue weighted by molar-refractivity contribution is -0.140. The van der Waals surface area contributed by atoms with E-state index in [2.05, 4.69) is 39.9 Å². The minimum Gasteiger partial charge on any atom is -0.325 e. The van der Waals surface area contributed by atoms with Crippen molar-refractivity contribution >= 4 is 23.2 Å². The molecule has 33 heavy (non-hydrogen) atoms. The Morgan fingerprint density at radius 1 is 0.818 bits per heavy atom. The quantitative estimate of drug-likeness (QED) is 0.475. The summed E-state index contributed by atoms with van der Waals surface area (Å²) in [6, 6.07) is 15.4. The number of hydrogen-bond acceptors (Lipinski definition) is 3. The molecule has 4 nitrogen and oxygen atoms in total. The molecule has 0 aliphatic carbocycles. The third kappa shape index (κ3) is 4.95. The number of anilines is 1. The van der Waals surface area contributed by atoms with Gasteiger partial charge in [0.15, 0.2) is 0 Å². The van der Waals surface area contributed by atoms with Crippen LogP contribution in [-0.2, 0) is 14.4 Å². The van der Waals surface area contributed by atoms with Crippen molar-refractivity contribution in [1.29, 1.82) is 0 Å². The van der Waals surface area contributed by atoms with Crippen LogP contribution in [0.15, 0.2) is 48.5 Å². The highest BCUT2D eigenvalue weighted by Gasteiger charge is 2.41. The second-order valence-electron chi connectivity index (χ2n) is 11.5. The van der Waals surface area contributed by atoms with Crippen molar-refractivity contribution in [1.82, 2.24) is 0 Å². The first kappa shape index (κ1) is 24.9. The first-order valence-electron chi connectivity index (χ1n) is 11.8. The minimum absolute atomic E-state index is 0.00175. The number of para-hydroxylation sites is 1. The van der Waals surface area contributed by atoms with Gasteiger partial charge in [0.25, 0.3) is 0 Å². The highest BCUT2D eigenvalue weighted by Crippen LogP contribution is 2.43. The molecule has 1 N–H and O–H groups in total. The highest BCUT2D eigenvalue weighted by molar-refractivity contribution is 6.10. The van der Waals surface area contributed by atoms with Crippen molar-refractivity contribution in [3.8, 4) is 11.1 Å². The number of ketones is 2. The summed E-state index contributed by atoms with van der Waals surface area (Å²) in [7, 11) is 0. The Labute approximate surface area is 198 Å². The molecule has 0 fully saturated rings. The summed E-state index contributed by atoms with van der Waals surface area (Å²) in [6.07, 6.45) is 1.06. The van der Waals surface area contributed by atoms with Crippen LogP contribution in [0.3, 0.4) is 0 Å². The second kappa shape index (κ2) is 8.89. The second-order valence-corrected chi connectivity index (χ2v) is 11.5. The average Bonchev–Trinajstić information content (AvgIpc) is 2.86. The van der Waals surface area contributed by atoms with Gasteiger partial charge in [0.1, 0.15) is 11.6 Å². The molecular formula is C29H37NO3. The number of carbonyl (C=O) groups is 3. The topological polar surface area (TPSA) is 63.2 Å². The van der Waals surface area contributed by atoms with E-state index < -0.39 is 11.3 Å². The van der Waals surface area contributed by atoms with Crippen molar-refractivity contribution in [3.63, 3.8) is 0 Å². The first-order valence-corrected chi connectivity index (χ1v) is 11.8. The first-order chi connectivity index (χ1) is 15.3. The zero-order chi connectivity index (χ0) is 24.6. The van der Waals surface area contributed by atoms with E-state index in [1.165, 1.54) is 0 Å². The maximum Gasteiger partial charge on any atom is 0.232 e. The molecule has 2 aromatic rings. The summed E-state index contributed by atoms with van der Waals surface area (Å²) in [6.45, 7) is 14.3. The Kier molecular flexibility index (Phi) is 6.70. The van der Waals surface area contributed by atoms with Gasteiger partial charge in [-0.15, -0.1) is 0 Å². The summed E-state index contributed by atoms with van der Waals surface area (Å²) in [4.78, 5) is 39.8. The Hall–Kier alpha value is -2.75. The van der Waals surface area contributed by atoms with Gasteiger partial charge in [-0.1, -0.05) is 77.1 Å². The van der Waals surface area contributed by atoms with Gasteiger partial charge in [0.05, 0.1) is 11.3 Å². The molecule has 1 amide bonds. The third-order valence-corrected chi connectivity index (χ3v) is 7.92. The van der Waals surface area contributed by atoms with E-state index in [1.54, 1.807) is 13.8 Å². The largest absolute Gasteiger partial charge is 0.325 e. The number of amides is 1. The van der Waals surface area contributed by atoms with Crippen LogP contribution in [0.25, 0.3) is 11.1 Å². The van der Waals surface area contributed by atoms with Crippen molar-refractivity contribution in [3.05, 3.63) is 54.1 Å². The fraction of sp³-hybridized carbons (Fsp3) is 0.483. The van der Waals surface area contributed by atoms with Gasteiger partial charge >= 0.3 is 0 Å². The average molecular weight is 448 g/mol. The van der Waals surface area contributed by atoms with Crippen molar-refractivity contribution < 1.29 is 14.4 Å². The summed E-state index contributed by atoms with van der Waals surface area (Å²) >= 11 is 0. The highest BCUT2D eigenvalue weighted by atomic mass is 16.2. The molecule has 0 saturated carbocycles. The molecular weight excluding hydrogens is 410 g/mol. The molecule has 4 heteroatoms. The standard InChI is InChI=1S/C29H37NO3/c1-27(2,3)28(4,5)17-16-24(31)29(6,7)25(32)18-22-20-13-9-8-12-19(20)21-14-10-11-15-23(21)30-26(22)33/h8-15,22H,16-18H2,1-7H3,(H,30,33)/t22-/m0/s1. The number of hydrogen-bond donors (Lipinski definition) is 1. The van der Waals surface area contributed by atoms with Gasteiger partial charge in [-0.3, -0.25) is 14.4 Å². The predicted molar refractivity (Wildman–Crippen MR) is 134 cm³/mol. The molecule has 0 saturated heterocycles. The number of carbonyl (C=O) groups excluding carboxylic acids is 3. The summed E-state index contributed by atoms with van der Waals surface area (Å²) in [5, 5.41) is 2.99. The lowest BCUT2D eigenvalue weighted by Crippen LogP contribution is -2.37.